The Morgan fingerprint density at radius 2 is 1.96 bits per heavy atom. The normalized spacial score (nSPS) is 13.5. The summed E-state index contributed by atoms with van der Waals surface area (Å²) in [5.41, 5.74) is 2.25. The lowest BCUT2D eigenvalue weighted by molar-refractivity contribution is 0.0950. The molecule has 124 valence electrons. The summed E-state index contributed by atoms with van der Waals surface area (Å²) in [4.78, 5) is 25.6. The summed E-state index contributed by atoms with van der Waals surface area (Å²) in [6, 6.07) is 14.5. The fourth-order valence-corrected chi connectivity index (χ4v) is 2.64. The van der Waals surface area contributed by atoms with E-state index in [1.54, 1.807) is 36.3 Å². The second-order valence-corrected chi connectivity index (χ2v) is 5.42. The first-order valence-corrected chi connectivity index (χ1v) is 7.74. The number of anilines is 1. The molecular weight excluding hydrogens is 306 g/mol. The molecule has 24 heavy (non-hydrogen) atoms. The lowest BCUT2D eigenvalue weighted by atomic mass is 10.1. The van der Waals surface area contributed by atoms with Crippen LogP contribution in [0.4, 0.5) is 10.5 Å². The predicted molar refractivity (Wildman–Crippen MR) is 91.4 cm³/mol. The minimum Gasteiger partial charge on any atom is -0.496 e. The van der Waals surface area contributed by atoms with Crippen molar-refractivity contribution in [2.75, 3.05) is 25.1 Å². The van der Waals surface area contributed by atoms with Crippen molar-refractivity contribution in [3.63, 3.8) is 0 Å². The number of rotatable bonds is 5. The van der Waals surface area contributed by atoms with Gasteiger partial charge in [0.1, 0.15) is 5.75 Å². The van der Waals surface area contributed by atoms with Crippen molar-refractivity contribution in [3.05, 3.63) is 59.7 Å². The molecule has 3 rings (SSSR count). The molecule has 2 N–H and O–H groups in total. The summed E-state index contributed by atoms with van der Waals surface area (Å²) in [5.74, 6) is 0.575. The highest BCUT2D eigenvalue weighted by Gasteiger charge is 2.21. The van der Waals surface area contributed by atoms with Gasteiger partial charge in [0, 0.05) is 36.4 Å². The van der Waals surface area contributed by atoms with Gasteiger partial charge in [-0.15, -0.1) is 0 Å². The Balaban J connectivity index is 1.64. The zero-order chi connectivity index (χ0) is 16.9. The van der Waals surface area contributed by atoms with E-state index in [4.69, 9.17) is 4.74 Å². The van der Waals surface area contributed by atoms with Gasteiger partial charge in [-0.3, -0.25) is 9.69 Å². The van der Waals surface area contributed by atoms with Gasteiger partial charge >= 0.3 is 6.03 Å². The van der Waals surface area contributed by atoms with Gasteiger partial charge in [0.15, 0.2) is 0 Å². The van der Waals surface area contributed by atoms with Crippen molar-refractivity contribution in [1.82, 2.24) is 10.6 Å². The number of carbonyl (C=O) groups excluding carboxylic acids is 2. The Bertz CT molecular complexity index is 743. The van der Waals surface area contributed by atoms with Crippen molar-refractivity contribution in [2.45, 2.75) is 6.54 Å². The summed E-state index contributed by atoms with van der Waals surface area (Å²) in [6.07, 6.45) is 0. The Kier molecular flexibility index (Phi) is 4.65. The molecule has 1 aliphatic rings. The van der Waals surface area contributed by atoms with Gasteiger partial charge < -0.3 is 15.4 Å². The monoisotopic (exact) mass is 325 g/mol. The van der Waals surface area contributed by atoms with Crippen molar-refractivity contribution >= 4 is 17.6 Å². The Hall–Kier alpha value is -3.02. The molecule has 0 aromatic heterocycles. The Labute approximate surface area is 140 Å². The lowest BCUT2D eigenvalue weighted by Gasteiger charge is -2.14. The highest BCUT2D eigenvalue weighted by Crippen LogP contribution is 2.19. The van der Waals surface area contributed by atoms with Crippen LogP contribution in [0.15, 0.2) is 48.5 Å². The van der Waals surface area contributed by atoms with Crippen LogP contribution in [-0.4, -0.2) is 32.1 Å². The molecule has 0 atom stereocenters. The number of benzene rings is 2. The molecular formula is C18H19N3O3. The maximum absolute atomic E-state index is 12.3. The van der Waals surface area contributed by atoms with Crippen LogP contribution in [0.25, 0.3) is 0 Å². The van der Waals surface area contributed by atoms with E-state index in [0.717, 1.165) is 17.0 Å². The first kappa shape index (κ1) is 15.9. The number of hydrogen-bond acceptors (Lipinski definition) is 3. The number of nitrogens with one attached hydrogen (secondary N) is 2. The second kappa shape index (κ2) is 7.04. The van der Waals surface area contributed by atoms with Crippen LogP contribution in [0.1, 0.15) is 15.9 Å². The fraction of sp³-hybridized carbons (Fsp3) is 0.222. The van der Waals surface area contributed by atoms with Crippen LogP contribution in [0.5, 0.6) is 5.75 Å². The SMILES string of the molecule is COc1ccccc1CNC(=O)c1ccc(N2CCNC2=O)cc1. The average Bonchev–Trinajstić information content (AvgIpc) is 3.06. The first-order valence-electron chi connectivity index (χ1n) is 7.74. The van der Waals surface area contributed by atoms with Gasteiger partial charge in [0.2, 0.25) is 0 Å². The van der Waals surface area contributed by atoms with Crippen molar-refractivity contribution in [2.24, 2.45) is 0 Å². The molecule has 0 radical (unpaired) electrons. The summed E-state index contributed by atoms with van der Waals surface area (Å²) < 4.78 is 5.27. The minimum atomic E-state index is -0.168. The molecule has 0 spiro atoms. The van der Waals surface area contributed by atoms with E-state index in [0.29, 0.717) is 25.2 Å². The van der Waals surface area contributed by atoms with Gasteiger partial charge in [-0.2, -0.15) is 0 Å². The number of para-hydroxylation sites is 1. The number of carbonyl (C=O) groups is 2. The van der Waals surface area contributed by atoms with E-state index in [-0.39, 0.29) is 11.9 Å². The molecule has 6 heteroatoms. The fourth-order valence-electron chi connectivity index (χ4n) is 2.64. The molecule has 2 aromatic rings. The maximum atomic E-state index is 12.3. The molecule has 3 amide bonds. The largest absolute Gasteiger partial charge is 0.496 e. The van der Waals surface area contributed by atoms with E-state index in [1.165, 1.54) is 0 Å². The van der Waals surface area contributed by atoms with Crippen LogP contribution in [0.3, 0.4) is 0 Å². The number of nitrogens with zero attached hydrogens (tertiary/aromatic N) is 1. The second-order valence-electron chi connectivity index (χ2n) is 5.42. The van der Waals surface area contributed by atoms with Crippen molar-refractivity contribution < 1.29 is 14.3 Å². The van der Waals surface area contributed by atoms with Crippen LogP contribution < -0.4 is 20.3 Å². The third kappa shape index (κ3) is 3.32. The highest BCUT2D eigenvalue weighted by atomic mass is 16.5. The zero-order valence-corrected chi connectivity index (χ0v) is 13.4. The molecule has 1 saturated heterocycles. The van der Waals surface area contributed by atoms with Crippen molar-refractivity contribution in [1.29, 1.82) is 0 Å². The van der Waals surface area contributed by atoms with Crippen LogP contribution in [-0.2, 0) is 6.54 Å². The van der Waals surface area contributed by atoms with E-state index in [9.17, 15) is 9.59 Å². The highest BCUT2D eigenvalue weighted by molar-refractivity contribution is 5.97. The zero-order valence-electron chi connectivity index (χ0n) is 13.4. The third-order valence-electron chi connectivity index (χ3n) is 3.93. The molecule has 0 aliphatic carbocycles. The van der Waals surface area contributed by atoms with E-state index < -0.39 is 0 Å². The third-order valence-corrected chi connectivity index (χ3v) is 3.93. The average molecular weight is 325 g/mol. The van der Waals surface area contributed by atoms with Gasteiger partial charge in [0.25, 0.3) is 5.91 Å². The van der Waals surface area contributed by atoms with E-state index in [1.807, 2.05) is 24.3 Å². The standard InChI is InChI=1S/C18H19N3O3/c1-24-16-5-3-2-4-14(16)12-20-17(22)13-6-8-15(9-7-13)21-11-10-19-18(21)23/h2-9H,10-12H2,1H3,(H,19,23)(H,20,22). The first-order chi connectivity index (χ1) is 11.7. The summed E-state index contributed by atoms with van der Waals surface area (Å²) in [6.45, 7) is 1.66. The number of hydrogen-bond donors (Lipinski definition) is 2. The maximum Gasteiger partial charge on any atom is 0.321 e. The predicted octanol–water partition coefficient (Wildman–Crippen LogP) is 2.15. The smallest absolute Gasteiger partial charge is 0.321 e. The summed E-state index contributed by atoms with van der Waals surface area (Å²) in [7, 11) is 1.61. The summed E-state index contributed by atoms with van der Waals surface area (Å²) in [5, 5.41) is 5.63. The Morgan fingerprint density at radius 3 is 2.62 bits per heavy atom. The quantitative estimate of drug-likeness (QED) is 0.885. The van der Waals surface area contributed by atoms with Crippen LogP contribution in [0, 0.1) is 0 Å². The van der Waals surface area contributed by atoms with E-state index in [2.05, 4.69) is 10.6 Å². The van der Waals surface area contributed by atoms with Gasteiger partial charge in [0.05, 0.1) is 7.11 Å². The number of methoxy groups -OCH3 is 1. The molecule has 0 saturated carbocycles. The van der Waals surface area contributed by atoms with Crippen LogP contribution >= 0.6 is 0 Å². The number of ether oxygens (including phenoxy) is 1. The van der Waals surface area contributed by atoms with Gasteiger partial charge in [-0.25, -0.2) is 4.79 Å². The topological polar surface area (TPSA) is 70.7 Å². The molecule has 6 nitrogen and oxygen atoms in total. The molecule has 1 heterocycles. The molecule has 2 aromatic carbocycles. The van der Waals surface area contributed by atoms with Gasteiger partial charge in [-0.05, 0) is 30.3 Å². The molecule has 0 unspecified atom stereocenters. The molecule has 0 bridgehead atoms. The van der Waals surface area contributed by atoms with Crippen molar-refractivity contribution in [3.8, 4) is 5.75 Å². The van der Waals surface area contributed by atoms with Gasteiger partial charge in [-0.1, -0.05) is 18.2 Å². The van der Waals surface area contributed by atoms with Crippen LogP contribution in [0.2, 0.25) is 0 Å². The Morgan fingerprint density at radius 1 is 1.21 bits per heavy atom. The molecule has 1 fully saturated rings. The molecule has 1 aliphatic heterocycles. The number of amides is 3. The number of urea groups is 1. The minimum absolute atomic E-state index is 0.108. The lowest BCUT2D eigenvalue weighted by Crippen LogP contribution is -2.28. The summed E-state index contributed by atoms with van der Waals surface area (Å²) >= 11 is 0. The van der Waals surface area contributed by atoms with E-state index >= 15 is 0 Å².